The number of nitrogens with one attached hydrogen (secondary N) is 1. The van der Waals surface area contributed by atoms with Gasteiger partial charge in [0.25, 0.3) is 0 Å². The van der Waals surface area contributed by atoms with Gasteiger partial charge in [0.05, 0.1) is 15.9 Å². The van der Waals surface area contributed by atoms with Crippen LogP contribution in [0.15, 0.2) is 22.9 Å². The molecule has 1 heterocycles. The smallest absolute Gasteiger partial charge is 0.215 e. The molecular formula is C9H14BrN3O2S. The molecular weight excluding hydrogens is 294 g/mol. The van der Waals surface area contributed by atoms with Crippen molar-refractivity contribution in [2.24, 2.45) is 0 Å². The van der Waals surface area contributed by atoms with Crippen LogP contribution in [-0.2, 0) is 10.0 Å². The van der Waals surface area contributed by atoms with Crippen molar-refractivity contribution >= 4 is 31.6 Å². The first-order valence-electron chi connectivity index (χ1n) is 4.67. The van der Waals surface area contributed by atoms with Crippen LogP contribution in [0.25, 0.3) is 0 Å². The summed E-state index contributed by atoms with van der Waals surface area (Å²) in [5, 5.41) is 3.03. The van der Waals surface area contributed by atoms with Gasteiger partial charge in [0.15, 0.2) is 0 Å². The molecule has 1 rings (SSSR count). The molecule has 0 aliphatic carbocycles. The van der Waals surface area contributed by atoms with E-state index in [2.05, 4.69) is 26.2 Å². The van der Waals surface area contributed by atoms with Gasteiger partial charge in [-0.2, -0.15) is 0 Å². The van der Waals surface area contributed by atoms with E-state index in [9.17, 15) is 8.42 Å². The van der Waals surface area contributed by atoms with Gasteiger partial charge in [-0.05, 0) is 22.0 Å². The first-order chi connectivity index (χ1) is 7.43. The number of hydrogen-bond donors (Lipinski definition) is 1. The van der Waals surface area contributed by atoms with E-state index < -0.39 is 10.0 Å². The van der Waals surface area contributed by atoms with Crippen LogP contribution in [0.2, 0.25) is 0 Å². The lowest BCUT2D eigenvalue weighted by molar-refractivity contribution is 0.521. The van der Waals surface area contributed by atoms with E-state index in [-0.39, 0.29) is 5.75 Å². The first kappa shape index (κ1) is 13.4. The maximum atomic E-state index is 11.5. The quantitative estimate of drug-likeness (QED) is 0.886. The van der Waals surface area contributed by atoms with Crippen LogP contribution in [0.1, 0.15) is 0 Å². The maximum absolute atomic E-state index is 11.5. The fourth-order valence-electron chi connectivity index (χ4n) is 1.02. The zero-order valence-corrected chi connectivity index (χ0v) is 11.5. The summed E-state index contributed by atoms with van der Waals surface area (Å²) >= 11 is 3.32. The fraction of sp³-hybridized carbons (Fsp3) is 0.444. The van der Waals surface area contributed by atoms with Gasteiger partial charge in [-0.1, -0.05) is 0 Å². The second-order valence-corrected chi connectivity index (χ2v) is 6.54. The molecule has 0 radical (unpaired) electrons. The highest BCUT2D eigenvalue weighted by Crippen LogP contribution is 2.19. The van der Waals surface area contributed by atoms with Crippen molar-refractivity contribution in [1.82, 2.24) is 9.29 Å². The lowest BCUT2D eigenvalue weighted by Crippen LogP contribution is -2.28. The standard InChI is InChI=1S/C9H14BrN3O2S/c1-13(2)16(14,15)6-5-12-9-3-4-11-7-8(9)10/h3-4,7H,5-6H2,1-2H3,(H,11,12). The highest BCUT2D eigenvalue weighted by atomic mass is 79.9. The van der Waals surface area contributed by atoms with Gasteiger partial charge in [0, 0.05) is 33.0 Å². The van der Waals surface area contributed by atoms with E-state index >= 15 is 0 Å². The van der Waals surface area contributed by atoms with Crippen LogP contribution in [0, 0.1) is 0 Å². The molecule has 0 bridgehead atoms. The predicted molar refractivity (Wildman–Crippen MR) is 67.9 cm³/mol. The van der Waals surface area contributed by atoms with Crippen molar-refractivity contribution in [2.45, 2.75) is 0 Å². The van der Waals surface area contributed by atoms with Gasteiger partial charge in [-0.25, -0.2) is 12.7 Å². The lowest BCUT2D eigenvalue weighted by Gasteiger charge is -2.12. The SMILES string of the molecule is CN(C)S(=O)(=O)CCNc1ccncc1Br. The van der Waals surface area contributed by atoms with E-state index in [0.29, 0.717) is 6.54 Å². The third-order valence-corrected chi connectivity index (χ3v) is 4.47. The highest BCUT2D eigenvalue weighted by Gasteiger charge is 2.12. The molecule has 5 nitrogen and oxygen atoms in total. The van der Waals surface area contributed by atoms with Crippen LogP contribution >= 0.6 is 15.9 Å². The largest absolute Gasteiger partial charge is 0.383 e. The van der Waals surface area contributed by atoms with Crippen LogP contribution < -0.4 is 5.32 Å². The average Bonchev–Trinajstić information content (AvgIpc) is 2.20. The molecule has 7 heteroatoms. The van der Waals surface area contributed by atoms with E-state index in [1.165, 1.54) is 18.4 Å². The van der Waals surface area contributed by atoms with Crippen molar-refractivity contribution in [2.75, 3.05) is 31.7 Å². The lowest BCUT2D eigenvalue weighted by atomic mass is 10.4. The number of sulfonamides is 1. The van der Waals surface area contributed by atoms with Gasteiger partial charge >= 0.3 is 0 Å². The Hall–Kier alpha value is -0.660. The Morgan fingerprint density at radius 2 is 2.19 bits per heavy atom. The van der Waals surface area contributed by atoms with E-state index in [4.69, 9.17) is 0 Å². The zero-order valence-electron chi connectivity index (χ0n) is 9.14. The topological polar surface area (TPSA) is 62.3 Å². The van der Waals surface area contributed by atoms with Crippen molar-refractivity contribution in [3.05, 3.63) is 22.9 Å². The molecule has 1 aromatic rings. The molecule has 16 heavy (non-hydrogen) atoms. The average molecular weight is 308 g/mol. The minimum absolute atomic E-state index is 0.0642. The van der Waals surface area contributed by atoms with Gasteiger partial charge < -0.3 is 5.32 Å². The maximum Gasteiger partial charge on any atom is 0.215 e. The molecule has 0 aliphatic heterocycles. The number of rotatable bonds is 5. The summed E-state index contributed by atoms with van der Waals surface area (Å²) in [5.41, 5.74) is 0.837. The normalized spacial score (nSPS) is 11.8. The van der Waals surface area contributed by atoms with Gasteiger partial charge in [0.2, 0.25) is 10.0 Å². The molecule has 0 spiro atoms. The highest BCUT2D eigenvalue weighted by molar-refractivity contribution is 9.10. The molecule has 1 N–H and O–H groups in total. The number of hydrogen-bond acceptors (Lipinski definition) is 4. The van der Waals surface area contributed by atoms with Crippen LogP contribution in [0.3, 0.4) is 0 Å². The summed E-state index contributed by atoms with van der Waals surface area (Å²) in [6.07, 6.45) is 3.30. The Morgan fingerprint density at radius 1 is 1.50 bits per heavy atom. The molecule has 0 unspecified atom stereocenters. The molecule has 0 saturated carbocycles. The molecule has 1 aromatic heterocycles. The van der Waals surface area contributed by atoms with Crippen molar-refractivity contribution in [3.8, 4) is 0 Å². The second kappa shape index (κ2) is 5.60. The monoisotopic (exact) mass is 307 g/mol. The number of halogens is 1. The third-order valence-electron chi connectivity index (χ3n) is 2.00. The first-order valence-corrected chi connectivity index (χ1v) is 7.07. The minimum atomic E-state index is -3.14. The Morgan fingerprint density at radius 3 is 2.75 bits per heavy atom. The van der Waals surface area contributed by atoms with E-state index in [1.807, 2.05) is 0 Å². The van der Waals surface area contributed by atoms with Gasteiger partial charge in [0.1, 0.15) is 0 Å². The Bertz CT molecular complexity index is 448. The molecule has 0 atom stereocenters. The molecule has 0 amide bonds. The van der Waals surface area contributed by atoms with Crippen LogP contribution in [0.4, 0.5) is 5.69 Å². The summed E-state index contributed by atoms with van der Waals surface area (Å²) < 4.78 is 25.0. The summed E-state index contributed by atoms with van der Waals surface area (Å²) in [7, 11) is -0.0903. The zero-order chi connectivity index (χ0) is 12.2. The minimum Gasteiger partial charge on any atom is -0.383 e. The summed E-state index contributed by atoms with van der Waals surface area (Å²) in [6.45, 7) is 0.364. The number of nitrogens with zero attached hydrogens (tertiary/aromatic N) is 2. The third kappa shape index (κ3) is 3.73. The van der Waals surface area contributed by atoms with Crippen molar-refractivity contribution in [3.63, 3.8) is 0 Å². The van der Waals surface area contributed by atoms with Crippen molar-refractivity contribution < 1.29 is 8.42 Å². The van der Waals surface area contributed by atoms with E-state index in [0.717, 1.165) is 10.2 Å². The predicted octanol–water partition coefficient (Wildman–Crippen LogP) is 1.15. The van der Waals surface area contributed by atoms with E-state index in [1.54, 1.807) is 18.5 Å². The van der Waals surface area contributed by atoms with Crippen LogP contribution in [-0.4, -0.2) is 44.1 Å². The molecule has 0 fully saturated rings. The molecule has 0 saturated heterocycles. The van der Waals surface area contributed by atoms with Gasteiger partial charge in [-0.15, -0.1) is 0 Å². The summed E-state index contributed by atoms with van der Waals surface area (Å²) in [4.78, 5) is 3.92. The van der Waals surface area contributed by atoms with Crippen LogP contribution in [0.5, 0.6) is 0 Å². The number of anilines is 1. The van der Waals surface area contributed by atoms with Crippen molar-refractivity contribution in [1.29, 1.82) is 0 Å². The Balaban J connectivity index is 2.52. The molecule has 0 aromatic carbocycles. The fourth-order valence-corrected chi connectivity index (χ4v) is 2.13. The summed E-state index contributed by atoms with van der Waals surface area (Å²) in [6, 6.07) is 1.78. The Kier molecular flexibility index (Phi) is 4.69. The van der Waals surface area contributed by atoms with Gasteiger partial charge in [-0.3, -0.25) is 4.98 Å². The molecule has 0 aliphatic rings. The Labute approximate surface area is 104 Å². The molecule has 90 valence electrons. The number of pyridine rings is 1. The summed E-state index contributed by atoms with van der Waals surface area (Å²) in [5.74, 6) is 0.0642. The number of aromatic nitrogens is 1. The second-order valence-electron chi connectivity index (χ2n) is 3.38.